The minimum absolute atomic E-state index is 0.402. The first-order valence-corrected chi connectivity index (χ1v) is 6.58. The zero-order valence-electron chi connectivity index (χ0n) is 11.5. The number of thiol groups is 2. The number of amides is 2. The van der Waals surface area contributed by atoms with Gasteiger partial charge >= 0.3 is 5.97 Å². The summed E-state index contributed by atoms with van der Waals surface area (Å²) in [7, 11) is 0. The largest absolute Gasteiger partial charge is 0.480 e. The SMILES string of the molecule is CC(=O)CC(=O)N(S)CC(C(=O)O)N(S)C(=O)CC(C)=O. The number of carbonyl (C=O) groups excluding carboxylic acids is 4. The maximum absolute atomic E-state index is 11.6. The smallest absolute Gasteiger partial charge is 0.329 e. The average Bonchev–Trinajstić information content (AvgIpc) is 2.32. The van der Waals surface area contributed by atoms with Crippen molar-refractivity contribution in [1.82, 2.24) is 8.61 Å². The van der Waals surface area contributed by atoms with Gasteiger partial charge in [-0.15, -0.1) is 0 Å². The van der Waals surface area contributed by atoms with Gasteiger partial charge in [-0.05, 0) is 13.8 Å². The highest BCUT2D eigenvalue weighted by Gasteiger charge is 2.31. The zero-order chi connectivity index (χ0) is 16.7. The van der Waals surface area contributed by atoms with E-state index in [2.05, 4.69) is 25.6 Å². The number of hydrogen-bond acceptors (Lipinski definition) is 7. The molecule has 1 atom stereocenters. The molecule has 0 saturated heterocycles. The summed E-state index contributed by atoms with van der Waals surface area (Å²) in [6.07, 6.45) is -0.926. The van der Waals surface area contributed by atoms with Crippen LogP contribution in [0.5, 0.6) is 0 Å². The number of carbonyl (C=O) groups is 5. The van der Waals surface area contributed by atoms with Crippen molar-refractivity contribution in [3.8, 4) is 0 Å². The van der Waals surface area contributed by atoms with Crippen LogP contribution >= 0.6 is 25.6 Å². The maximum Gasteiger partial charge on any atom is 0.329 e. The van der Waals surface area contributed by atoms with Gasteiger partial charge in [0.15, 0.2) is 6.04 Å². The normalized spacial score (nSPS) is 11.4. The van der Waals surface area contributed by atoms with Crippen molar-refractivity contribution in [3.05, 3.63) is 0 Å². The van der Waals surface area contributed by atoms with Crippen LogP contribution in [0.3, 0.4) is 0 Å². The standard InChI is InChI=1S/C11H16N2O6S2/c1-6(14)3-9(16)12(20)5-8(11(18)19)13(21)10(17)4-7(2)15/h8,20-21H,3-5H2,1-2H3,(H,18,19). The van der Waals surface area contributed by atoms with Crippen LogP contribution < -0.4 is 0 Å². The molecule has 1 unspecified atom stereocenters. The second-order valence-corrected chi connectivity index (χ2v) is 5.24. The average molecular weight is 336 g/mol. The molecule has 21 heavy (non-hydrogen) atoms. The Morgan fingerprint density at radius 1 is 0.952 bits per heavy atom. The fourth-order valence-electron chi connectivity index (χ4n) is 1.30. The summed E-state index contributed by atoms with van der Waals surface area (Å²) in [6.45, 7) is 1.91. The van der Waals surface area contributed by atoms with Gasteiger partial charge in [-0.1, -0.05) is 25.6 Å². The molecule has 0 fully saturated rings. The third kappa shape index (κ3) is 7.14. The third-order valence-electron chi connectivity index (χ3n) is 2.27. The molecule has 0 aliphatic heterocycles. The number of rotatable bonds is 8. The van der Waals surface area contributed by atoms with Crippen LogP contribution in [0.25, 0.3) is 0 Å². The van der Waals surface area contributed by atoms with Crippen LogP contribution in [0.1, 0.15) is 26.7 Å². The predicted molar refractivity (Wildman–Crippen MR) is 78.6 cm³/mol. The lowest BCUT2D eigenvalue weighted by Crippen LogP contribution is -2.46. The van der Waals surface area contributed by atoms with Gasteiger partial charge in [0.25, 0.3) is 0 Å². The van der Waals surface area contributed by atoms with Gasteiger partial charge in [0, 0.05) is 0 Å². The number of aliphatic carboxylic acids is 1. The molecule has 0 rings (SSSR count). The molecular formula is C11H16N2O6S2. The van der Waals surface area contributed by atoms with E-state index >= 15 is 0 Å². The summed E-state index contributed by atoms with van der Waals surface area (Å²) in [5.41, 5.74) is 0. The van der Waals surface area contributed by atoms with E-state index in [0.717, 1.165) is 4.31 Å². The van der Waals surface area contributed by atoms with E-state index in [1.165, 1.54) is 13.8 Å². The molecule has 8 nitrogen and oxygen atoms in total. The lowest BCUT2D eigenvalue weighted by molar-refractivity contribution is -0.147. The van der Waals surface area contributed by atoms with Crippen molar-refractivity contribution in [3.63, 3.8) is 0 Å². The molecule has 10 heteroatoms. The molecule has 0 aromatic rings. The summed E-state index contributed by atoms with van der Waals surface area (Å²) >= 11 is 7.55. The first-order valence-electron chi connectivity index (χ1n) is 5.78. The second-order valence-electron chi connectivity index (χ2n) is 4.33. The van der Waals surface area contributed by atoms with E-state index < -0.39 is 54.8 Å². The van der Waals surface area contributed by atoms with Gasteiger partial charge in [0.05, 0.1) is 19.4 Å². The van der Waals surface area contributed by atoms with Gasteiger partial charge in [-0.3, -0.25) is 27.8 Å². The van der Waals surface area contributed by atoms with Crippen molar-refractivity contribution >= 4 is 55.0 Å². The Balaban J connectivity index is 4.87. The van der Waals surface area contributed by atoms with Crippen LogP contribution in [0, 0.1) is 0 Å². The first kappa shape index (κ1) is 19.4. The van der Waals surface area contributed by atoms with Gasteiger partial charge in [-0.25, -0.2) is 4.79 Å². The Morgan fingerprint density at radius 2 is 1.38 bits per heavy atom. The molecule has 0 aliphatic rings. The van der Waals surface area contributed by atoms with E-state index in [-0.39, 0.29) is 0 Å². The third-order valence-corrected chi connectivity index (χ3v) is 3.16. The Morgan fingerprint density at radius 3 is 1.76 bits per heavy atom. The van der Waals surface area contributed by atoms with Crippen molar-refractivity contribution in [2.75, 3.05) is 6.54 Å². The number of carboxylic acid groups (broad SMARTS) is 1. The lowest BCUT2D eigenvalue weighted by Gasteiger charge is -2.26. The van der Waals surface area contributed by atoms with Gasteiger partial charge in [0.1, 0.15) is 11.6 Å². The molecular weight excluding hydrogens is 320 g/mol. The zero-order valence-corrected chi connectivity index (χ0v) is 13.3. The molecule has 1 N–H and O–H groups in total. The molecule has 0 aromatic heterocycles. The Hall–Kier alpha value is -1.55. The van der Waals surface area contributed by atoms with E-state index in [0.29, 0.717) is 4.31 Å². The van der Waals surface area contributed by atoms with Gasteiger partial charge < -0.3 is 5.11 Å². The van der Waals surface area contributed by atoms with Gasteiger partial charge in [0.2, 0.25) is 11.8 Å². The Bertz CT molecular complexity index is 468. The quantitative estimate of drug-likeness (QED) is 0.416. The second kappa shape index (κ2) is 8.67. The molecule has 0 aliphatic carbocycles. The predicted octanol–water partition coefficient (Wildman–Crippen LogP) is -0.255. The number of carboxylic acids is 1. The molecule has 0 bridgehead atoms. The molecule has 0 saturated carbocycles. The number of ketones is 2. The Labute approximate surface area is 132 Å². The summed E-state index contributed by atoms with van der Waals surface area (Å²) in [6, 6.07) is -1.49. The van der Waals surface area contributed by atoms with Crippen molar-refractivity contribution in [2.24, 2.45) is 0 Å². The molecule has 0 heterocycles. The minimum atomic E-state index is -1.49. The van der Waals surface area contributed by atoms with Crippen LogP contribution in [-0.4, -0.2) is 55.7 Å². The van der Waals surface area contributed by atoms with E-state index in [9.17, 15) is 24.0 Å². The highest BCUT2D eigenvalue weighted by molar-refractivity contribution is 7.78. The first-order chi connectivity index (χ1) is 9.56. The van der Waals surface area contributed by atoms with Crippen LogP contribution in [0.15, 0.2) is 0 Å². The van der Waals surface area contributed by atoms with E-state index in [1.54, 1.807) is 0 Å². The highest BCUT2D eigenvalue weighted by atomic mass is 32.1. The molecule has 118 valence electrons. The van der Waals surface area contributed by atoms with Crippen molar-refractivity contribution < 1.29 is 29.1 Å². The minimum Gasteiger partial charge on any atom is -0.480 e. The topological polar surface area (TPSA) is 112 Å². The monoisotopic (exact) mass is 336 g/mol. The summed E-state index contributed by atoms with van der Waals surface area (Å²) in [5.74, 6) is -3.77. The Kier molecular flexibility index (Phi) is 8.03. The fourth-order valence-corrected chi connectivity index (χ4v) is 1.77. The molecule has 0 radical (unpaired) electrons. The van der Waals surface area contributed by atoms with Crippen molar-refractivity contribution in [1.29, 1.82) is 0 Å². The van der Waals surface area contributed by atoms with E-state index in [4.69, 9.17) is 5.11 Å². The van der Waals surface area contributed by atoms with Crippen LogP contribution in [-0.2, 0) is 24.0 Å². The van der Waals surface area contributed by atoms with Crippen LogP contribution in [0.4, 0.5) is 0 Å². The van der Waals surface area contributed by atoms with Crippen LogP contribution in [0.2, 0.25) is 0 Å². The maximum atomic E-state index is 11.6. The number of hydrogen-bond donors (Lipinski definition) is 3. The lowest BCUT2D eigenvalue weighted by atomic mass is 10.2. The number of Topliss-reactive ketones (excluding diaryl/α,β-unsaturated/α-hetero) is 2. The molecule has 0 spiro atoms. The van der Waals surface area contributed by atoms with Gasteiger partial charge in [-0.2, -0.15) is 0 Å². The highest BCUT2D eigenvalue weighted by Crippen LogP contribution is 2.11. The summed E-state index contributed by atoms with van der Waals surface area (Å²) in [4.78, 5) is 56.0. The van der Waals surface area contributed by atoms with Crippen molar-refractivity contribution in [2.45, 2.75) is 32.7 Å². The summed E-state index contributed by atoms with van der Waals surface area (Å²) < 4.78 is 1.29. The summed E-state index contributed by atoms with van der Waals surface area (Å²) in [5, 5.41) is 9.07. The molecule has 0 aromatic carbocycles. The molecule has 2 amide bonds. The fraction of sp³-hybridized carbons (Fsp3) is 0.545. The van der Waals surface area contributed by atoms with E-state index in [1.807, 2.05) is 0 Å². The number of nitrogens with zero attached hydrogens (tertiary/aromatic N) is 2.